The lowest BCUT2D eigenvalue weighted by atomic mass is 9.92. The van der Waals surface area contributed by atoms with Crippen molar-refractivity contribution in [3.8, 4) is 5.75 Å². The zero-order chi connectivity index (χ0) is 22.1. The van der Waals surface area contributed by atoms with E-state index in [0.717, 1.165) is 36.8 Å². The Balaban J connectivity index is 1.82. The van der Waals surface area contributed by atoms with Crippen molar-refractivity contribution in [1.29, 1.82) is 0 Å². The number of nitrogens with zero attached hydrogens (tertiary/aromatic N) is 1. The number of aryl methyl sites for hydroxylation is 1. The molecule has 0 radical (unpaired) electrons. The summed E-state index contributed by atoms with van der Waals surface area (Å²) in [5, 5.41) is 11.2. The van der Waals surface area contributed by atoms with E-state index in [1.807, 2.05) is 45.0 Å². The van der Waals surface area contributed by atoms with E-state index in [-0.39, 0.29) is 23.5 Å². The van der Waals surface area contributed by atoms with Crippen LogP contribution in [-0.4, -0.2) is 33.8 Å². The molecule has 1 atom stereocenters. The molecule has 0 aromatic heterocycles. The third-order valence-electron chi connectivity index (χ3n) is 6.18. The quantitative estimate of drug-likeness (QED) is 0.414. The lowest BCUT2D eigenvalue weighted by Gasteiger charge is -2.31. The Morgan fingerprint density at radius 3 is 2.29 bits per heavy atom. The van der Waals surface area contributed by atoms with Crippen molar-refractivity contribution in [3.05, 3.63) is 70.8 Å². The van der Waals surface area contributed by atoms with Gasteiger partial charge in [-0.1, -0.05) is 37.1 Å². The number of rotatable bonds is 5. The molecule has 1 heterocycles. The Bertz CT molecular complexity index is 1020. The number of aliphatic hydroxyl groups excluding tert-OH is 1. The van der Waals surface area contributed by atoms with Crippen molar-refractivity contribution in [2.24, 2.45) is 0 Å². The van der Waals surface area contributed by atoms with Gasteiger partial charge in [0.2, 0.25) is 0 Å². The Morgan fingerprint density at radius 1 is 1.03 bits per heavy atom. The van der Waals surface area contributed by atoms with Crippen molar-refractivity contribution < 1.29 is 19.4 Å². The summed E-state index contributed by atoms with van der Waals surface area (Å²) < 4.78 is 5.68. The Labute approximate surface area is 183 Å². The molecule has 1 saturated heterocycles. The minimum atomic E-state index is -0.611. The van der Waals surface area contributed by atoms with Crippen molar-refractivity contribution in [3.63, 3.8) is 0 Å². The van der Waals surface area contributed by atoms with Gasteiger partial charge in [-0.3, -0.25) is 9.59 Å². The number of aliphatic hydroxyl groups is 1. The molecule has 162 valence electrons. The Hall–Kier alpha value is -3.08. The van der Waals surface area contributed by atoms with Gasteiger partial charge in [-0.05, 0) is 69.0 Å². The highest BCUT2D eigenvalue weighted by molar-refractivity contribution is 6.46. The van der Waals surface area contributed by atoms with E-state index >= 15 is 0 Å². The summed E-state index contributed by atoms with van der Waals surface area (Å²) in [6.07, 6.45) is 3.90. The SMILES string of the molecule is Cc1ccccc1C1/C(=C(/O)c2ccc(OC(C)C)cc2)C(=O)C(=O)N1C1CCCC1. The summed E-state index contributed by atoms with van der Waals surface area (Å²) in [5.41, 5.74) is 2.54. The van der Waals surface area contributed by atoms with Gasteiger partial charge in [-0.15, -0.1) is 0 Å². The van der Waals surface area contributed by atoms with Crippen LogP contribution in [0.2, 0.25) is 0 Å². The second-order valence-corrected chi connectivity index (χ2v) is 8.69. The molecule has 2 fully saturated rings. The zero-order valence-corrected chi connectivity index (χ0v) is 18.3. The highest BCUT2D eigenvalue weighted by atomic mass is 16.5. The molecule has 1 aliphatic carbocycles. The third kappa shape index (κ3) is 3.97. The largest absolute Gasteiger partial charge is 0.507 e. The first-order chi connectivity index (χ1) is 14.9. The number of hydrogen-bond acceptors (Lipinski definition) is 4. The van der Waals surface area contributed by atoms with Gasteiger partial charge in [0.15, 0.2) is 0 Å². The van der Waals surface area contributed by atoms with E-state index in [1.165, 1.54) is 0 Å². The van der Waals surface area contributed by atoms with Gasteiger partial charge in [0.1, 0.15) is 11.5 Å². The van der Waals surface area contributed by atoms with Gasteiger partial charge in [-0.2, -0.15) is 0 Å². The van der Waals surface area contributed by atoms with Crippen LogP contribution in [0.1, 0.15) is 62.3 Å². The molecule has 1 aliphatic heterocycles. The lowest BCUT2D eigenvalue weighted by Crippen LogP contribution is -2.37. The minimum Gasteiger partial charge on any atom is -0.507 e. The van der Waals surface area contributed by atoms with Gasteiger partial charge in [0.25, 0.3) is 11.7 Å². The van der Waals surface area contributed by atoms with E-state index in [1.54, 1.807) is 29.2 Å². The average Bonchev–Trinajstić information content (AvgIpc) is 3.35. The van der Waals surface area contributed by atoms with E-state index in [0.29, 0.717) is 11.3 Å². The summed E-state index contributed by atoms with van der Waals surface area (Å²) in [6, 6.07) is 14.2. The monoisotopic (exact) mass is 419 g/mol. The summed E-state index contributed by atoms with van der Waals surface area (Å²) in [7, 11) is 0. The van der Waals surface area contributed by atoms with Gasteiger partial charge in [0, 0.05) is 11.6 Å². The Morgan fingerprint density at radius 2 is 1.68 bits per heavy atom. The average molecular weight is 420 g/mol. The second kappa shape index (κ2) is 8.58. The summed E-state index contributed by atoms with van der Waals surface area (Å²) >= 11 is 0. The van der Waals surface area contributed by atoms with E-state index in [9.17, 15) is 14.7 Å². The molecule has 2 aromatic rings. The lowest BCUT2D eigenvalue weighted by molar-refractivity contribution is -0.141. The molecule has 1 N–H and O–H groups in total. The van der Waals surface area contributed by atoms with Crippen molar-refractivity contribution in [1.82, 2.24) is 4.90 Å². The minimum absolute atomic E-state index is 0.0215. The van der Waals surface area contributed by atoms with Crippen molar-refractivity contribution in [2.45, 2.75) is 64.6 Å². The number of carbonyl (C=O) groups is 2. The molecule has 0 spiro atoms. The van der Waals surface area contributed by atoms with Crippen molar-refractivity contribution in [2.75, 3.05) is 0 Å². The maximum atomic E-state index is 13.2. The molecule has 0 bridgehead atoms. The molecule has 1 unspecified atom stereocenters. The topological polar surface area (TPSA) is 66.8 Å². The molecule has 5 nitrogen and oxygen atoms in total. The normalized spacial score (nSPS) is 21.3. The molecule has 5 heteroatoms. The third-order valence-corrected chi connectivity index (χ3v) is 6.18. The smallest absolute Gasteiger partial charge is 0.295 e. The predicted molar refractivity (Wildman–Crippen MR) is 120 cm³/mol. The molecule has 4 rings (SSSR count). The van der Waals surface area contributed by atoms with Gasteiger partial charge in [0.05, 0.1) is 17.7 Å². The molecular weight excluding hydrogens is 390 g/mol. The fraction of sp³-hybridized carbons (Fsp3) is 0.385. The van der Waals surface area contributed by atoms with Crippen LogP contribution in [0.5, 0.6) is 5.75 Å². The highest BCUT2D eigenvalue weighted by Crippen LogP contribution is 2.44. The fourth-order valence-corrected chi connectivity index (χ4v) is 4.73. The number of likely N-dealkylation sites (tertiary alicyclic amines) is 1. The maximum Gasteiger partial charge on any atom is 0.295 e. The molecule has 2 aromatic carbocycles. The number of Topliss-reactive ketones (excluding diaryl/α,β-unsaturated/α-hetero) is 1. The first-order valence-corrected chi connectivity index (χ1v) is 11.0. The molecule has 31 heavy (non-hydrogen) atoms. The fourth-order valence-electron chi connectivity index (χ4n) is 4.73. The maximum absolute atomic E-state index is 13.2. The zero-order valence-electron chi connectivity index (χ0n) is 18.3. The van der Waals surface area contributed by atoms with Crippen LogP contribution in [0.25, 0.3) is 5.76 Å². The summed E-state index contributed by atoms with van der Waals surface area (Å²) in [5.74, 6) is -0.571. The Kier molecular flexibility index (Phi) is 5.86. The van der Waals surface area contributed by atoms with Crippen LogP contribution >= 0.6 is 0 Å². The standard InChI is InChI=1S/C26H29NO4/c1-16(2)31-20-14-12-18(13-15-20)24(28)22-23(21-11-7-4-8-17(21)3)27(26(30)25(22)29)19-9-5-6-10-19/h4,7-8,11-16,19,23,28H,5-6,9-10H2,1-3H3/b24-22-. The van der Waals surface area contributed by atoms with Gasteiger partial charge >= 0.3 is 0 Å². The van der Waals surface area contributed by atoms with Crippen LogP contribution in [0.15, 0.2) is 54.1 Å². The predicted octanol–water partition coefficient (Wildman–Crippen LogP) is 5.15. The number of amides is 1. The first kappa shape index (κ1) is 21.2. The molecule has 1 amide bonds. The van der Waals surface area contributed by atoms with Gasteiger partial charge in [-0.25, -0.2) is 0 Å². The van der Waals surface area contributed by atoms with E-state index < -0.39 is 17.7 Å². The van der Waals surface area contributed by atoms with E-state index in [4.69, 9.17) is 4.74 Å². The number of benzene rings is 2. The van der Waals surface area contributed by atoms with Crippen LogP contribution < -0.4 is 4.74 Å². The summed E-state index contributed by atoms with van der Waals surface area (Å²) in [4.78, 5) is 28.0. The van der Waals surface area contributed by atoms with Crippen LogP contribution in [0.3, 0.4) is 0 Å². The van der Waals surface area contributed by atoms with E-state index in [2.05, 4.69) is 0 Å². The number of carbonyl (C=O) groups excluding carboxylic acids is 2. The van der Waals surface area contributed by atoms with Crippen LogP contribution in [-0.2, 0) is 9.59 Å². The van der Waals surface area contributed by atoms with Crippen LogP contribution in [0.4, 0.5) is 0 Å². The first-order valence-electron chi connectivity index (χ1n) is 11.0. The number of ketones is 1. The van der Waals surface area contributed by atoms with Crippen molar-refractivity contribution >= 4 is 17.4 Å². The highest BCUT2D eigenvalue weighted by Gasteiger charge is 2.49. The molecular formula is C26H29NO4. The number of hydrogen-bond donors (Lipinski definition) is 1. The molecule has 1 saturated carbocycles. The second-order valence-electron chi connectivity index (χ2n) is 8.69. The number of ether oxygens (including phenoxy) is 1. The van der Waals surface area contributed by atoms with Gasteiger partial charge < -0.3 is 14.7 Å². The molecule has 2 aliphatic rings. The summed E-state index contributed by atoms with van der Waals surface area (Å²) in [6.45, 7) is 5.86. The van der Waals surface area contributed by atoms with Crippen LogP contribution in [0, 0.1) is 6.92 Å².